The molecular weight excluding hydrogens is 440 g/mol. The molecule has 0 saturated carbocycles. The monoisotopic (exact) mass is 472 g/mol. The lowest BCUT2D eigenvalue weighted by atomic mass is 10.1. The lowest BCUT2D eigenvalue weighted by Crippen LogP contribution is -2.47. The van der Waals surface area contributed by atoms with E-state index < -0.39 is 15.9 Å². The number of aryl methyl sites for hydroxylation is 3. The van der Waals surface area contributed by atoms with Crippen LogP contribution in [-0.4, -0.2) is 81.2 Å². The van der Waals surface area contributed by atoms with Crippen LogP contribution in [0.25, 0.3) is 0 Å². The summed E-state index contributed by atoms with van der Waals surface area (Å²) in [5.41, 5.74) is 3.35. The molecule has 1 aliphatic heterocycles. The van der Waals surface area contributed by atoms with Gasteiger partial charge in [0, 0.05) is 44.5 Å². The summed E-state index contributed by atoms with van der Waals surface area (Å²) in [5.74, 6) is -0.489. The normalized spacial score (nSPS) is 15.0. The Bertz CT molecular complexity index is 1110. The number of carbonyl (C=O) groups excluding carboxylic acids is 2. The van der Waals surface area contributed by atoms with Crippen LogP contribution in [0.2, 0.25) is 0 Å². The Kier molecular flexibility index (Phi) is 7.56. The highest BCUT2D eigenvalue weighted by molar-refractivity contribution is 7.89. The van der Waals surface area contributed by atoms with Crippen LogP contribution in [-0.2, 0) is 14.8 Å². The molecule has 0 spiro atoms. The number of anilines is 1. The maximum atomic E-state index is 13.1. The SMILES string of the molecule is Cc1cc(C)c(S(=O)(=O)N(C)CC(=O)Nc2ccc(C(=O)N3CCN(C)CC3)cc2)c(C)c1. The maximum Gasteiger partial charge on any atom is 0.253 e. The lowest BCUT2D eigenvalue weighted by molar-refractivity contribution is -0.116. The van der Waals surface area contributed by atoms with Crippen molar-refractivity contribution in [2.45, 2.75) is 25.7 Å². The zero-order valence-electron chi connectivity index (χ0n) is 19.9. The van der Waals surface area contributed by atoms with Crippen LogP contribution in [0.5, 0.6) is 0 Å². The molecule has 2 aromatic rings. The molecule has 0 radical (unpaired) electrons. The summed E-state index contributed by atoms with van der Waals surface area (Å²) in [6.07, 6.45) is 0. The molecular formula is C24H32N4O4S. The second-order valence-electron chi connectivity index (χ2n) is 8.71. The third-order valence-corrected chi connectivity index (χ3v) is 7.95. The topological polar surface area (TPSA) is 90.0 Å². The minimum atomic E-state index is -3.82. The molecule has 0 unspecified atom stereocenters. The fraction of sp³-hybridized carbons (Fsp3) is 0.417. The van der Waals surface area contributed by atoms with E-state index in [9.17, 15) is 18.0 Å². The average Bonchev–Trinajstić information content (AvgIpc) is 2.73. The van der Waals surface area contributed by atoms with Crippen LogP contribution in [0.15, 0.2) is 41.3 Å². The fourth-order valence-electron chi connectivity index (χ4n) is 4.11. The van der Waals surface area contributed by atoms with E-state index in [1.165, 1.54) is 7.05 Å². The summed E-state index contributed by atoms with van der Waals surface area (Å²) >= 11 is 0. The first-order chi connectivity index (χ1) is 15.5. The maximum absolute atomic E-state index is 13.1. The molecule has 1 heterocycles. The van der Waals surface area contributed by atoms with E-state index in [-0.39, 0.29) is 17.3 Å². The van der Waals surface area contributed by atoms with E-state index in [1.807, 2.05) is 31.0 Å². The number of benzene rings is 2. The first-order valence-corrected chi connectivity index (χ1v) is 12.3. The number of piperazine rings is 1. The van der Waals surface area contributed by atoms with Crippen LogP contribution in [0.4, 0.5) is 5.69 Å². The smallest absolute Gasteiger partial charge is 0.253 e. The zero-order chi connectivity index (χ0) is 24.3. The minimum absolute atomic E-state index is 0.0318. The standard InChI is InChI=1S/C24H32N4O4S/c1-17-14-18(2)23(19(3)15-17)33(31,32)27(5)16-22(29)25-21-8-6-20(7-9-21)24(30)28-12-10-26(4)11-13-28/h6-9,14-15H,10-13,16H2,1-5H3,(H,25,29). The second-order valence-corrected chi connectivity index (χ2v) is 10.7. The van der Waals surface area contributed by atoms with Crippen molar-refractivity contribution in [3.8, 4) is 0 Å². The van der Waals surface area contributed by atoms with Crippen molar-refractivity contribution in [1.29, 1.82) is 0 Å². The van der Waals surface area contributed by atoms with Gasteiger partial charge in [0.2, 0.25) is 15.9 Å². The van der Waals surface area contributed by atoms with Gasteiger partial charge in [0.25, 0.3) is 5.91 Å². The number of sulfonamides is 1. The van der Waals surface area contributed by atoms with Gasteiger partial charge in [0.15, 0.2) is 0 Å². The number of likely N-dealkylation sites (N-methyl/N-ethyl adjacent to an activating group) is 2. The van der Waals surface area contributed by atoms with Crippen LogP contribution in [0, 0.1) is 20.8 Å². The lowest BCUT2D eigenvalue weighted by Gasteiger charge is -2.32. The molecule has 2 amide bonds. The number of nitrogens with zero attached hydrogens (tertiary/aromatic N) is 3. The summed E-state index contributed by atoms with van der Waals surface area (Å²) in [6.45, 7) is 8.17. The molecule has 2 aromatic carbocycles. The minimum Gasteiger partial charge on any atom is -0.336 e. The van der Waals surface area contributed by atoms with Crippen LogP contribution in [0.1, 0.15) is 27.0 Å². The number of nitrogens with one attached hydrogen (secondary N) is 1. The molecule has 3 rings (SSSR count). The number of carbonyl (C=O) groups is 2. The van der Waals surface area contributed by atoms with E-state index in [0.717, 1.165) is 23.0 Å². The highest BCUT2D eigenvalue weighted by Crippen LogP contribution is 2.24. The Morgan fingerprint density at radius 1 is 0.970 bits per heavy atom. The van der Waals surface area contributed by atoms with Crippen molar-refractivity contribution < 1.29 is 18.0 Å². The van der Waals surface area contributed by atoms with E-state index in [0.29, 0.717) is 35.5 Å². The van der Waals surface area contributed by atoms with Gasteiger partial charge in [-0.1, -0.05) is 17.7 Å². The zero-order valence-corrected chi connectivity index (χ0v) is 20.7. The third kappa shape index (κ3) is 5.79. The van der Waals surface area contributed by atoms with Gasteiger partial charge in [-0.3, -0.25) is 9.59 Å². The molecule has 33 heavy (non-hydrogen) atoms. The van der Waals surface area contributed by atoms with Crippen LogP contribution in [0.3, 0.4) is 0 Å². The molecule has 1 aliphatic rings. The Morgan fingerprint density at radius 3 is 2.06 bits per heavy atom. The Morgan fingerprint density at radius 2 is 1.52 bits per heavy atom. The molecule has 1 N–H and O–H groups in total. The summed E-state index contributed by atoms with van der Waals surface area (Å²) in [4.78, 5) is 29.4. The molecule has 1 saturated heterocycles. The number of rotatable bonds is 6. The fourth-order valence-corrected chi connectivity index (χ4v) is 5.64. The molecule has 8 nitrogen and oxygen atoms in total. The summed E-state index contributed by atoms with van der Waals surface area (Å²) in [5, 5.41) is 2.71. The number of hydrogen-bond acceptors (Lipinski definition) is 5. The van der Waals surface area contributed by atoms with E-state index in [1.54, 1.807) is 38.1 Å². The first kappa shape index (κ1) is 24.9. The van der Waals surface area contributed by atoms with E-state index in [2.05, 4.69) is 10.2 Å². The Labute approximate surface area is 196 Å². The molecule has 0 bridgehead atoms. The van der Waals surface area contributed by atoms with Crippen molar-refractivity contribution in [2.75, 3.05) is 52.1 Å². The number of hydrogen-bond donors (Lipinski definition) is 1. The van der Waals surface area contributed by atoms with Gasteiger partial charge >= 0.3 is 0 Å². The third-order valence-electron chi connectivity index (χ3n) is 5.85. The van der Waals surface area contributed by atoms with Crippen molar-refractivity contribution in [3.63, 3.8) is 0 Å². The van der Waals surface area contributed by atoms with Crippen molar-refractivity contribution in [2.24, 2.45) is 0 Å². The predicted octanol–water partition coefficient (Wildman–Crippen LogP) is 2.26. The largest absolute Gasteiger partial charge is 0.336 e. The Balaban J connectivity index is 1.63. The van der Waals surface area contributed by atoms with E-state index in [4.69, 9.17) is 0 Å². The number of amides is 2. The molecule has 0 aromatic heterocycles. The van der Waals surface area contributed by atoms with Gasteiger partial charge in [-0.25, -0.2) is 8.42 Å². The molecule has 178 valence electrons. The quantitative estimate of drug-likeness (QED) is 0.697. The summed E-state index contributed by atoms with van der Waals surface area (Å²) in [7, 11) is -0.393. The molecule has 9 heteroatoms. The van der Waals surface area contributed by atoms with Crippen molar-refractivity contribution in [1.82, 2.24) is 14.1 Å². The average molecular weight is 473 g/mol. The van der Waals surface area contributed by atoms with Gasteiger partial charge in [-0.05, 0) is 63.2 Å². The van der Waals surface area contributed by atoms with Crippen LogP contribution >= 0.6 is 0 Å². The highest BCUT2D eigenvalue weighted by Gasteiger charge is 2.27. The molecule has 1 fully saturated rings. The second kappa shape index (κ2) is 10.0. The van der Waals surface area contributed by atoms with E-state index >= 15 is 0 Å². The van der Waals surface area contributed by atoms with Gasteiger partial charge in [-0.2, -0.15) is 4.31 Å². The van der Waals surface area contributed by atoms with Crippen molar-refractivity contribution >= 4 is 27.5 Å². The van der Waals surface area contributed by atoms with Gasteiger partial charge in [0.05, 0.1) is 11.4 Å². The van der Waals surface area contributed by atoms with Gasteiger partial charge in [-0.15, -0.1) is 0 Å². The molecule has 0 atom stereocenters. The van der Waals surface area contributed by atoms with Gasteiger partial charge < -0.3 is 15.1 Å². The molecule has 0 aliphatic carbocycles. The summed E-state index contributed by atoms with van der Waals surface area (Å²) < 4.78 is 27.2. The predicted molar refractivity (Wildman–Crippen MR) is 129 cm³/mol. The van der Waals surface area contributed by atoms with Crippen LogP contribution < -0.4 is 5.32 Å². The Hall–Kier alpha value is -2.75. The summed E-state index contributed by atoms with van der Waals surface area (Å²) in [6, 6.07) is 10.3. The highest BCUT2D eigenvalue weighted by atomic mass is 32.2. The first-order valence-electron chi connectivity index (χ1n) is 10.9. The van der Waals surface area contributed by atoms with Crippen molar-refractivity contribution in [3.05, 3.63) is 58.7 Å². The van der Waals surface area contributed by atoms with Gasteiger partial charge in [0.1, 0.15) is 0 Å².